The summed E-state index contributed by atoms with van der Waals surface area (Å²) < 4.78 is 79.9. The van der Waals surface area contributed by atoms with Crippen LogP contribution in [0, 0.1) is 0 Å². The molecule has 17 heteroatoms. The first kappa shape index (κ1) is 41.4. The zero-order valence-corrected chi connectivity index (χ0v) is 32.5. The van der Waals surface area contributed by atoms with E-state index in [9.17, 15) is 31.2 Å². The Labute approximate surface area is 329 Å². The minimum atomic E-state index is -4.59. The lowest BCUT2D eigenvalue weighted by Gasteiger charge is -2.43. The maximum absolute atomic E-state index is 13.9. The van der Waals surface area contributed by atoms with Crippen LogP contribution in [-0.4, -0.2) is 111 Å². The van der Waals surface area contributed by atoms with E-state index in [1.165, 1.54) is 6.92 Å². The van der Waals surface area contributed by atoms with Crippen LogP contribution in [0.4, 0.5) is 24.5 Å². The number of benzene rings is 3. The zero-order chi connectivity index (χ0) is 40.8. The van der Waals surface area contributed by atoms with Gasteiger partial charge in [-0.1, -0.05) is 42.5 Å². The summed E-state index contributed by atoms with van der Waals surface area (Å²) in [6.45, 7) is 6.06. The third-order valence-electron chi connectivity index (χ3n) is 10.5. The van der Waals surface area contributed by atoms with Gasteiger partial charge in [0.25, 0.3) is 5.91 Å². The van der Waals surface area contributed by atoms with Crippen molar-refractivity contribution in [3.05, 3.63) is 107 Å². The predicted molar refractivity (Wildman–Crippen MR) is 207 cm³/mol. The van der Waals surface area contributed by atoms with E-state index in [4.69, 9.17) is 14.6 Å². The SMILES string of the molecule is C[C@H](OCC[N+]1(C)CCN(c2ccc(C(=O)N3CCC(c4ccc(Oc5ccc(C(F)(F)F)nn5)cc4)CC3)cc2NS(=O)(=O)Cc2ccccc2)CC1)C(=O)O. The van der Waals surface area contributed by atoms with Crippen molar-refractivity contribution in [2.75, 3.05) is 69.1 Å². The van der Waals surface area contributed by atoms with Crippen LogP contribution in [0.15, 0.2) is 84.9 Å². The van der Waals surface area contributed by atoms with Gasteiger partial charge in [-0.2, -0.15) is 13.2 Å². The lowest BCUT2D eigenvalue weighted by molar-refractivity contribution is -0.910. The second-order valence-electron chi connectivity index (χ2n) is 14.7. The Bertz CT molecular complexity index is 2110. The molecule has 1 amide bonds. The Morgan fingerprint density at radius 3 is 2.25 bits per heavy atom. The third kappa shape index (κ3) is 11.0. The first-order chi connectivity index (χ1) is 27.1. The van der Waals surface area contributed by atoms with Crippen molar-refractivity contribution in [2.45, 2.75) is 43.7 Å². The average Bonchev–Trinajstić information content (AvgIpc) is 3.18. The Balaban J connectivity index is 1.10. The van der Waals surface area contributed by atoms with E-state index in [0.717, 1.165) is 30.8 Å². The molecule has 57 heavy (non-hydrogen) atoms. The number of rotatable bonds is 14. The zero-order valence-electron chi connectivity index (χ0n) is 31.7. The molecule has 0 saturated carbocycles. The highest BCUT2D eigenvalue weighted by Crippen LogP contribution is 2.34. The minimum Gasteiger partial charge on any atom is -0.479 e. The number of carbonyl (C=O) groups is 2. The maximum atomic E-state index is 13.9. The standard InChI is InChI=1S/C40H45F3N6O7S/c1-28(39(51)52)55-25-24-49(2)22-20-47(21-23-49)35-13-10-32(26-34(35)46-57(53,54)27-29-6-4-3-5-7-29)38(50)48-18-16-31(17-19-48)30-8-11-33(12-9-30)56-37-15-14-36(44-45-37)40(41,42)43/h3-15,26,28,31,46H,16-25,27H2,1-2H3/p+1/t28-/m0/s1. The number of hydrogen-bond donors (Lipinski definition) is 2. The summed E-state index contributed by atoms with van der Waals surface area (Å²) >= 11 is 0. The number of quaternary nitrogens is 1. The number of sulfonamides is 1. The van der Waals surface area contributed by atoms with Crippen molar-refractivity contribution in [1.29, 1.82) is 0 Å². The molecule has 6 rings (SSSR count). The molecule has 4 aromatic rings. The van der Waals surface area contributed by atoms with Gasteiger partial charge >= 0.3 is 12.1 Å². The van der Waals surface area contributed by atoms with Gasteiger partial charge < -0.3 is 28.9 Å². The summed E-state index contributed by atoms with van der Waals surface area (Å²) in [5.41, 5.74) is 1.91. The molecular weight excluding hydrogens is 766 g/mol. The average molecular weight is 812 g/mol. The number of piperidine rings is 1. The molecule has 2 aliphatic heterocycles. The number of piperazine rings is 1. The second-order valence-corrected chi connectivity index (χ2v) is 16.4. The molecule has 2 aliphatic rings. The molecule has 2 fully saturated rings. The number of aliphatic carboxylic acids is 1. The van der Waals surface area contributed by atoms with Gasteiger partial charge in [0.05, 0.1) is 57.0 Å². The van der Waals surface area contributed by atoms with Crippen LogP contribution in [0.1, 0.15) is 52.9 Å². The highest BCUT2D eigenvalue weighted by molar-refractivity contribution is 7.91. The van der Waals surface area contributed by atoms with Gasteiger partial charge in [-0.25, -0.2) is 13.2 Å². The van der Waals surface area contributed by atoms with E-state index >= 15 is 0 Å². The second kappa shape index (κ2) is 17.5. The van der Waals surface area contributed by atoms with Gasteiger partial charge in [-0.3, -0.25) is 9.52 Å². The van der Waals surface area contributed by atoms with E-state index in [0.29, 0.717) is 84.9 Å². The van der Waals surface area contributed by atoms with Crippen molar-refractivity contribution < 1.29 is 50.2 Å². The van der Waals surface area contributed by atoms with Gasteiger partial charge in [0.2, 0.25) is 15.9 Å². The van der Waals surface area contributed by atoms with Crippen molar-refractivity contribution in [3.8, 4) is 11.6 Å². The van der Waals surface area contributed by atoms with Crippen LogP contribution < -0.4 is 14.4 Å². The molecule has 0 bridgehead atoms. The number of likely N-dealkylation sites (N-methyl/N-ethyl adjacent to an activating group) is 1. The molecule has 1 aromatic heterocycles. The van der Waals surface area contributed by atoms with Crippen molar-refractivity contribution in [2.24, 2.45) is 0 Å². The van der Waals surface area contributed by atoms with E-state index in [1.807, 2.05) is 18.2 Å². The van der Waals surface area contributed by atoms with Crippen molar-refractivity contribution >= 4 is 33.3 Å². The van der Waals surface area contributed by atoms with Crippen LogP contribution in [-0.2, 0) is 31.5 Å². The number of carboxylic acids is 1. The van der Waals surface area contributed by atoms with Gasteiger partial charge in [0, 0.05) is 24.7 Å². The Kier molecular flexibility index (Phi) is 12.7. The lowest BCUT2D eigenvalue weighted by atomic mass is 9.89. The summed E-state index contributed by atoms with van der Waals surface area (Å²) in [6.07, 6.45) is -4.10. The fourth-order valence-electron chi connectivity index (χ4n) is 7.01. The van der Waals surface area contributed by atoms with Crippen LogP contribution >= 0.6 is 0 Å². The topological polar surface area (TPSA) is 151 Å². The number of alkyl halides is 3. The van der Waals surface area contributed by atoms with Crippen LogP contribution in [0.2, 0.25) is 0 Å². The number of halogens is 3. The number of nitrogens with one attached hydrogen (secondary N) is 1. The minimum absolute atomic E-state index is 0.0621. The number of nitrogens with zero attached hydrogens (tertiary/aromatic N) is 5. The Morgan fingerprint density at radius 2 is 1.63 bits per heavy atom. The number of aromatic nitrogens is 2. The van der Waals surface area contributed by atoms with Gasteiger partial charge in [-0.05, 0) is 73.2 Å². The molecule has 304 valence electrons. The molecule has 3 heterocycles. The number of ether oxygens (including phenoxy) is 2. The molecule has 1 atom stereocenters. The van der Waals surface area contributed by atoms with Gasteiger partial charge in [0.15, 0.2) is 11.8 Å². The number of anilines is 2. The number of amides is 1. The molecule has 0 radical (unpaired) electrons. The predicted octanol–water partition coefficient (Wildman–Crippen LogP) is 6.01. The van der Waals surface area contributed by atoms with Crippen LogP contribution in [0.3, 0.4) is 0 Å². The smallest absolute Gasteiger partial charge is 0.435 e. The summed E-state index contributed by atoms with van der Waals surface area (Å²) in [6, 6.07) is 23.1. The van der Waals surface area contributed by atoms with Gasteiger partial charge in [-0.15, -0.1) is 10.2 Å². The number of carbonyl (C=O) groups excluding carboxylic acids is 1. The van der Waals surface area contributed by atoms with Crippen LogP contribution in [0.25, 0.3) is 0 Å². The molecular formula is C40H46F3N6O7S+. The van der Waals surface area contributed by atoms with E-state index < -0.39 is 34.0 Å². The van der Waals surface area contributed by atoms with E-state index in [1.54, 1.807) is 59.5 Å². The van der Waals surface area contributed by atoms with Crippen molar-refractivity contribution in [3.63, 3.8) is 0 Å². The molecule has 0 spiro atoms. The van der Waals surface area contributed by atoms with Crippen molar-refractivity contribution in [1.82, 2.24) is 15.1 Å². The molecule has 2 saturated heterocycles. The first-order valence-corrected chi connectivity index (χ1v) is 20.3. The number of carboxylic acid groups (broad SMARTS) is 1. The lowest BCUT2D eigenvalue weighted by Crippen LogP contribution is -2.58. The highest BCUT2D eigenvalue weighted by Gasteiger charge is 2.34. The summed E-state index contributed by atoms with van der Waals surface area (Å²) in [5.74, 6) is -0.956. The Morgan fingerprint density at radius 1 is 0.947 bits per heavy atom. The quantitative estimate of drug-likeness (QED) is 0.145. The fraction of sp³-hybridized carbons (Fsp3) is 0.400. The molecule has 13 nitrogen and oxygen atoms in total. The summed E-state index contributed by atoms with van der Waals surface area (Å²) in [4.78, 5) is 28.9. The number of hydrogen-bond acceptors (Lipinski definition) is 9. The van der Waals surface area contributed by atoms with Gasteiger partial charge in [0.1, 0.15) is 12.3 Å². The highest BCUT2D eigenvalue weighted by atomic mass is 32.2. The van der Waals surface area contributed by atoms with Crippen LogP contribution in [0.5, 0.6) is 11.6 Å². The van der Waals surface area contributed by atoms with E-state index in [2.05, 4.69) is 26.9 Å². The summed E-state index contributed by atoms with van der Waals surface area (Å²) in [7, 11) is -1.77. The summed E-state index contributed by atoms with van der Waals surface area (Å²) in [5, 5.41) is 15.8. The third-order valence-corrected chi connectivity index (χ3v) is 11.7. The Hall–Kier alpha value is -5.26. The monoisotopic (exact) mass is 811 g/mol. The largest absolute Gasteiger partial charge is 0.479 e. The molecule has 0 aliphatic carbocycles. The normalized spacial score (nSPS) is 16.9. The maximum Gasteiger partial charge on any atom is 0.435 e. The number of likely N-dealkylation sites (tertiary alicyclic amines) is 1. The molecule has 3 aromatic carbocycles. The first-order valence-electron chi connectivity index (χ1n) is 18.7. The molecule has 2 N–H and O–H groups in total. The van der Waals surface area contributed by atoms with E-state index in [-0.39, 0.29) is 23.5 Å². The fourth-order valence-corrected chi connectivity index (χ4v) is 8.21. The molecule has 0 unspecified atom stereocenters.